The van der Waals surface area contributed by atoms with Gasteiger partial charge in [0.2, 0.25) is 0 Å². The normalized spacial score (nSPS) is 24.5. The number of hydrogen-bond donors (Lipinski definition) is 0. The van der Waals surface area contributed by atoms with E-state index in [9.17, 15) is 4.79 Å². The van der Waals surface area contributed by atoms with Crippen molar-refractivity contribution in [3.63, 3.8) is 0 Å². The van der Waals surface area contributed by atoms with E-state index in [2.05, 4.69) is 32.0 Å². The van der Waals surface area contributed by atoms with E-state index in [0.29, 0.717) is 11.6 Å². The van der Waals surface area contributed by atoms with Crippen LogP contribution in [0, 0.1) is 0 Å². The van der Waals surface area contributed by atoms with Crippen molar-refractivity contribution < 1.29 is 9.53 Å². The highest BCUT2D eigenvalue weighted by Gasteiger charge is 2.43. The Hall–Kier alpha value is -2.45. The van der Waals surface area contributed by atoms with Crippen LogP contribution in [0.1, 0.15) is 36.0 Å². The minimum absolute atomic E-state index is 0.0766. The van der Waals surface area contributed by atoms with Gasteiger partial charge in [0, 0.05) is 71.4 Å². The lowest BCUT2D eigenvalue weighted by atomic mass is 9.81. The van der Waals surface area contributed by atoms with Crippen LogP contribution in [0.3, 0.4) is 0 Å². The third-order valence-electron chi connectivity index (χ3n) is 7.18. The average molecular weight is 425 g/mol. The zero-order chi connectivity index (χ0) is 21.3. The largest absolute Gasteiger partial charge is 0.375 e. The first-order valence-corrected chi connectivity index (χ1v) is 11.4. The van der Waals surface area contributed by atoms with Crippen LogP contribution in [-0.4, -0.2) is 88.0 Å². The number of likely N-dealkylation sites (tertiary alicyclic amines) is 1. The standard InChI is InChI=1S/C23H32N6O2/c1-26-18-19(17-25-26)22(30)29-9-6-23(7-10-29)16-20(5-15-31-23)27-11-13-28(14-12-27)21-4-2-3-8-24-21/h2-4,8,17-18,20H,5-7,9-16H2,1H3/t20-/m1/s1. The molecule has 31 heavy (non-hydrogen) atoms. The topological polar surface area (TPSA) is 66.7 Å². The summed E-state index contributed by atoms with van der Waals surface area (Å²) in [6.45, 7) is 6.53. The summed E-state index contributed by atoms with van der Waals surface area (Å²) in [4.78, 5) is 24.3. The minimum Gasteiger partial charge on any atom is -0.375 e. The molecule has 3 aliphatic rings. The molecule has 3 saturated heterocycles. The molecule has 1 atom stereocenters. The minimum atomic E-state index is -0.0766. The van der Waals surface area contributed by atoms with Gasteiger partial charge < -0.3 is 14.5 Å². The van der Waals surface area contributed by atoms with Crippen molar-refractivity contribution in [3.8, 4) is 0 Å². The zero-order valence-corrected chi connectivity index (χ0v) is 18.3. The number of piperazine rings is 1. The second-order valence-corrected chi connectivity index (χ2v) is 9.08. The number of aromatic nitrogens is 3. The number of aryl methyl sites for hydroxylation is 1. The number of rotatable bonds is 3. The lowest BCUT2D eigenvalue weighted by Gasteiger charge is -2.49. The smallest absolute Gasteiger partial charge is 0.257 e. The highest BCUT2D eigenvalue weighted by atomic mass is 16.5. The number of anilines is 1. The van der Waals surface area contributed by atoms with Crippen molar-refractivity contribution in [3.05, 3.63) is 42.4 Å². The van der Waals surface area contributed by atoms with E-state index in [1.807, 2.05) is 24.2 Å². The molecule has 5 rings (SSSR count). The van der Waals surface area contributed by atoms with Gasteiger partial charge in [-0.3, -0.25) is 14.4 Å². The first-order valence-electron chi connectivity index (χ1n) is 11.4. The summed E-state index contributed by atoms with van der Waals surface area (Å²) in [6.07, 6.45) is 9.34. The number of amides is 1. The predicted octanol–water partition coefficient (Wildman–Crippen LogP) is 1.79. The Morgan fingerprint density at radius 2 is 1.94 bits per heavy atom. The maximum absolute atomic E-state index is 12.8. The Labute approximate surface area is 183 Å². The summed E-state index contributed by atoms with van der Waals surface area (Å²) in [5, 5.41) is 4.13. The second-order valence-electron chi connectivity index (χ2n) is 9.08. The maximum Gasteiger partial charge on any atom is 0.257 e. The third kappa shape index (κ3) is 4.32. The summed E-state index contributed by atoms with van der Waals surface area (Å²) in [7, 11) is 1.84. The van der Waals surface area contributed by atoms with E-state index in [1.54, 1.807) is 17.1 Å². The first-order chi connectivity index (χ1) is 15.1. The van der Waals surface area contributed by atoms with E-state index >= 15 is 0 Å². The summed E-state index contributed by atoms with van der Waals surface area (Å²) >= 11 is 0. The summed E-state index contributed by atoms with van der Waals surface area (Å²) in [5.74, 6) is 1.16. The number of pyridine rings is 1. The Balaban J connectivity index is 1.15. The molecule has 1 amide bonds. The molecule has 0 N–H and O–H groups in total. The molecule has 0 aliphatic carbocycles. The number of piperidine rings is 1. The van der Waals surface area contributed by atoms with Crippen LogP contribution >= 0.6 is 0 Å². The molecule has 8 heteroatoms. The summed E-state index contributed by atoms with van der Waals surface area (Å²) < 4.78 is 8.04. The van der Waals surface area contributed by atoms with Crippen LogP contribution in [0.5, 0.6) is 0 Å². The van der Waals surface area contributed by atoms with Gasteiger partial charge in [0.25, 0.3) is 5.91 Å². The second kappa shape index (κ2) is 8.59. The van der Waals surface area contributed by atoms with E-state index in [4.69, 9.17) is 4.74 Å². The summed E-state index contributed by atoms with van der Waals surface area (Å²) in [5.41, 5.74) is 0.596. The fourth-order valence-corrected chi connectivity index (χ4v) is 5.35. The highest BCUT2D eigenvalue weighted by molar-refractivity contribution is 5.93. The molecule has 2 aromatic heterocycles. The molecule has 2 aromatic rings. The fourth-order valence-electron chi connectivity index (χ4n) is 5.35. The van der Waals surface area contributed by atoms with Gasteiger partial charge in [-0.05, 0) is 37.8 Å². The first kappa shape index (κ1) is 20.5. The van der Waals surface area contributed by atoms with Gasteiger partial charge in [0.15, 0.2) is 0 Å². The molecule has 5 heterocycles. The lowest BCUT2D eigenvalue weighted by molar-refractivity contribution is -0.130. The maximum atomic E-state index is 12.8. The van der Waals surface area contributed by atoms with Gasteiger partial charge in [-0.1, -0.05) is 6.07 Å². The van der Waals surface area contributed by atoms with Gasteiger partial charge in [-0.15, -0.1) is 0 Å². The van der Waals surface area contributed by atoms with Crippen LogP contribution in [0.15, 0.2) is 36.8 Å². The van der Waals surface area contributed by atoms with E-state index in [0.717, 1.165) is 77.4 Å². The van der Waals surface area contributed by atoms with Crippen LogP contribution < -0.4 is 4.90 Å². The molecule has 3 fully saturated rings. The number of nitrogens with zero attached hydrogens (tertiary/aromatic N) is 6. The monoisotopic (exact) mass is 424 g/mol. The van der Waals surface area contributed by atoms with E-state index in [-0.39, 0.29) is 11.5 Å². The Morgan fingerprint density at radius 1 is 1.13 bits per heavy atom. The molecule has 166 valence electrons. The van der Waals surface area contributed by atoms with Gasteiger partial charge in [-0.2, -0.15) is 5.10 Å². The molecular formula is C23H32N6O2. The van der Waals surface area contributed by atoms with Gasteiger partial charge >= 0.3 is 0 Å². The average Bonchev–Trinajstić information content (AvgIpc) is 3.26. The molecule has 0 bridgehead atoms. The molecule has 8 nitrogen and oxygen atoms in total. The SMILES string of the molecule is Cn1cc(C(=O)N2CCC3(CC2)C[C@H](N2CCN(c4ccccn4)CC2)CCO3)cn1. The molecular weight excluding hydrogens is 392 g/mol. The van der Waals surface area contributed by atoms with Gasteiger partial charge in [0.1, 0.15) is 5.82 Å². The van der Waals surface area contributed by atoms with Crippen LogP contribution in [0.2, 0.25) is 0 Å². The molecule has 0 aromatic carbocycles. The highest BCUT2D eigenvalue weighted by Crippen LogP contribution is 2.37. The Kier molecular flexibility index (Phi) is 5.67. The number of hydrogen-bond acceptors (Lipinski definition) is 6. The predicted molar refractivity (Wildman–Crippen MR) is 118 cm³/mol. The van der Waals surface area contributed by atoms with Crippen LogP contribution in [0.4, 0.5) is 5.82 Å². The van der Waals surface area contributed by atoms with E-state index in [1.165, 1.54) is 0 Å². The number of ether oxygens (including phenoxy) is 1. The van der Waals surface area contributed by atoms with Crippen molar-refractivity contribution in [2.24, 2.45) is 7.05 Å². The zero-order valence-electron chi connectivity index (χ0n) is 18.3. The molecule has 3 aliphatic heterocycles. The summed E-state index contributed by atoms with van der Waals surface area (Å²) in [6, 6.07) is 6.69. The van der Waals surface area contributed by atoms with Crippen molar-refractivity contribution in [2.45, 2.75) is 37.3 Å². The van der Waals surface area contributed by atoms with Crippen LogP contribution in [0.25, 0.3) is 0 Å². The lowest BCUT2D eigenvalue weighted by Crippen LogP contribution is -2.57. The number of carbonyl (C=O) groups excluding carboxylic acids is 1. The quantitative estimate of drug-likeness (QED) is 0.749. The number of carbonyl (C=O) groups is 1. The molecule has 0 radical (unpaired) electrons. The van der Waals surface area contributed by atoms with Crippen molar-refractivity contribution in [2.75, 3.05) is 50.8 Å². The fraction of sp³-hybridized carbons (Fsp3) is 0.609. The van der Waals surface area contributed by atoms with Gasteiger partial charge in [-0.25, -0.2) is 4.98 Å². The van der Waals surface area contributed by atoms with Crippen molar-refractivity contribution in [1.29, 1.82) is 0 Å². The third-order valence-corrected chi connectivity index (χ3v) is 7.18. The van der Waals surface area contributed by atoms with Gasteiger partial charge in [0.05, 0.1) is 17.4 Å². The molecule has 0 unspecified atom stereocenters. The molecule has 1 spiro atoms. The Bertz CT molecular complexity index is 884. The van der Waals surface area contributed by atoms with Crippen molar-refractivity contribution in [1.82, 2.24) is 24.6 Å². The molecule has 0 saturated carbocycles. The van der Waals surface area contributed by atoms with Crippen LogP contribution in [-0.2, 0) is 11.8 Å². The van der Waals surface area contributed by atoms with Crippen molar-refractivity contribution >= 4 is 11.7 Å². The Morgan fingerprint density at radius 3 is 2.61 bits per heavy atom. The van der Waals surface area contributed by atoms with E-state index < -0.39 is 0 Å².